The van der Waals surface area contributed by atoms with Crippen LogP contribution in [0.5, 0.6) is 0 Å². The zero-order valence-corrected chi connectivity index (χ0v) is 10.6. The number of halogens is 1. The Balaban J connectivity index is 2.14. The van der Waals surface area contributed by atoms with Crippen molar-refractivity contribution in [3.05, 3.63) is 59.9 Å². The van der Waals surface area contributed by atoms with E-state index in [2.05, 4.69) is 5.32 Å². The van der Waals surface area contributed by atoms with E-state index in [1.54, 1.807) is 17.8 Å². The largest absolute Gasteiger partial charge is 0.322 e. The minimum atomic E-state index is -0.322. The number of rotatable bonds is 3. The molecule has 0 aliphatic carbocycles. The Morgan fingerprint density at radius 3 is 2.56 bits per heavy atom. The van der Waals surface area contributed by atoms with E-state index in [0.717, 1.165) is 4.90 Å². The van der Waals surface area contributed by atoms with Crippen molar-refractivity contribution in [3.63, 3.8) is 0 Å². The summed E-state index contributed by atoms with van der Waals surface area (Å²) in [6.07, 6.45) is 1.96. The normalized spacial score (nSPS) is 10.1. The minimum absolute atomic E-state index is 0.197. The molecule has 0 aromatic heterocycles. The van der Waals surface area contributed by atoms with Crippen LogP contribution in [0.2, 0.25) is 0 Å². The van der Waals surface area contributed by atoms with Crippen LogP contribution in [0.4, 0.5) is 10.1 Å². The SMILES string of the molecule is CSc1cccc(C(=O)Nc2ccc(F)cc2)c1. The van der Waals surface area contributed by atoms with Crippen LogP contribution in [0.3, 0.4) is 0 Å². The van der Waals surface area contributed by atoms with Gasteiger partial charge in [0.2, 0.25) is 0 Å². The molecule has 0 saturated heterocycles. The summed E-state index contributed by atoms with van der Waals surface area (Å²) in [4.78, 5) is 13.0. The molecule has 0 heterocycles. The molecule has 0 radical (unpaired) electrons. The van der Waals surface area contributed by atoms with Crippen molar-refractivity contribution in [2.45, 2.75) is 4.90 Å². The lowest BCUT2D eigenvalue weighted by Gasteiger charge is -2.06. The first-order valence-corrected chi connectivity index (χ1v) is 6.62. The van der Waals surface area contributed by atoms with Crippen LogP contribution in [0, 0.1) is 5.82 Å². The molecule has 0 aliphatic rings. The smallest absolute Gasteiger partial charge is 0.255 e. The Bertz CT molecular complexity index is 554. The number of amides is 1. The van der Waals surface area contributed by atoms with Crippen molar-refractivity contribution >= 4 is 23.4 Å². The molecule has 0 unspecified atom stereocenters. The first-order valence-electron chi connectivity index (χ1n) is 5.40. The third-order valence-electron chi connectivity index (χ3n) is 2.43. The van der Waals surface area contributed by atoms with E-state index in [4.69, 9.17) is 0 Å². The summed E-state index contributed by atoms with van der Waals surface area (Å²) in [5, 5.41) is 2.72. The molecule has 0 fully saturated rings. The highest BCUT2D eigenvalue weighted by Crippen LogP contribution is 2.17. The summed E-state index contributed by atoms with van der Waals surface area (Å²) in [6, 6.07) is 13.0. The van der Waals surface area contributed by atoms with Gasteiger partial charge >= 0.3 is 0 Å². The lowest BCUT2D eigenvalue weighted by Crippen LogP contribution is -2.11. The Morgan fingerprint density at radius 1 is 1.17 bits per heavy atom. The van der Waals surface area contributed by atoms with Crippen molar-refractivity contribution in [2.24, 2.45) is 0 Å². The van der Waals surface area contributed by atoms with E-state index in [0.29, 0.717) is 11.3 Å². The number of hydrogen-bond acceptors (Lipinski definition) is 2. The predicted octanol–water partition coefficient (Wildman–Crippen LogP) is 3.80. The molecule has 2 rings (SSSR count). The molecular formula is C14H12FNOS. The highest BCUT2D eigenvalue weighted by molar-refractivity contribution is 7.98. The summed E-state index contributed by atoms with van der Waals surface area (Å²) in [5.74, 6) is -0.519. The van der Waals surface area contributed by atoms with Crippen LogP contribution in [-0.4, -0.2) is 12.2 Å². The predicted molar refractivity (Wildman–Crippen MR) is 72.6 cm³/mol. The van der Waals surface area contributed by atoms with E-state index in [1.807, 2.05) is 24.5 Å². The second-order valence-corrected chi connectivity index (χ2v) is 4.57. The van der Waals surface area contributed by atoms with Crippen LogP contribution in [0.15, 0.2) is 53.4 Å². The van der Waals surface area contributed by atoms with E-state index < -0.39 is 0 Å². The zero-order chi connectivity index (χ0) is 13.0. The summed E-state index contributed by atoms with van der Waals surface area (Å²) in [6.45, 7) is 0. The molecular weight excluding hydrogens is 249 g/mol. The first-order chi connectivity index (χ1) is 8.69. The molecule has 18 heavy (non-hydrogen) atoms. The maximum absolute atomic E-state index is 12.7. The molecule has 0 aliphatic heterocycles. The summed E-state index contributed by atoms with van der Waals surface area (Å²) < 4.78 is 12.7. The zero-order valence-electron chi connectivity index (χ0n) is 9.81. The number of benzene rings is 2. The molecule has 0 spiro atoms. The Hall–Kier alpha value is -1.81. The molecule has 0 atom stereocenters. The van der Waals surface area contributed by atoms with Crippen molar-refractivity contribution in [1.82, 2.24) is 0 Å². The van der Waals surface area contributed by atoms with Gasteiger partial charge in [0.1, 0.15) is 5.82 Å². The summed E-state index contributed by atoms with van der Waals surface area (Å²) >= 11 is 1.58. The lowest BCUT2D eigenvalue weighted by molar-refractivity contribution is 0.102. The number of carbonyl (C=O) groups is 1. The van der Waals surface area contributed by atoms with Crippen molar-refractivity contribution in [3.8, 4) is 0 Å². The van der Waals surface area contributed by atoms with Crippen LogP contribution < -0.4 is 5.32 Å². The molecule has 0 bridgehead atoms. The monoisotopic (exact) mass is 261 g/mol. The van der Waals surface area contributed by atoms with Gasteiger partial charge in [-0.2, -0.15) is 0 Å². The fraction of sp³-hybridized carbons (Fsp3) is 0.0714. The van der Waals surface area contributed by atoms with Gasteiger partial charge in [0.25, 0.3) is 5.91 Å². The fourth-order valence-electron chi connectivity index (χ4n) is 1.50. The molecule has 0 saturated carbocycles. The van der Waals surface area contributed by atoms with Gasteiger partial charge in [-0.15, -0.1) is 11.8 Å². The Morgan fingerprint density at radius 2 is 1.89 bits per heavy atom. The topological polar surface area (TPSA) is 29.1 Å². The average molecular weight is 261 g/mol. The van der Waals surface area contributed by atoms with Crippen LogP contribution in [0.1, 0.15) is 10.4 Å². The highest BCUT2D eigenvalue weighted by atomic mass is 32.2. The van der Waals surface area contributed by atoms with Crippen molar-refractivity contribution in [2.75, 3.05) is 11.6 Å². The van der Waals surface area contributed by atoms with Gasteiger partial charge in [-0.3, -0.25) is 4.79 Å². The first kappa shape index (κ1) is 12.6. The number of anilines is 1. The van der Waals surface area contributed by atoms with E-state index in [-0.39, 0.29) is 11.7 Å². The van der Waals surface area contributed by atoms with Gasteiger partial charge in [0.15, 0.2) is 0 Å². The second kappa shape index (κ2) is 5.69. The molecule has 1 N–H and O–H groups in total. The van der Waals surface area contributed by atoms with E-state index in [1.165, 1.54) is 24.3 Å². The summed E-state index contributed by atoms with van der Waals surface area (Å²) in [5.41, 5.74) is 1.17. The van der Waals surface area contributed by atoms with Crippen LogP contribution >= 0.6 is 11.8 Å². The van der Waals surface area contributed by atoms with Crippen LogP contribution in [0.25, 0.3) is 0 Å². The van der Waals surface area contributed by atoms with E-state index in [9.17, 15) is 9.18 Å². The molecule has 1 amide bonds. The van der Waals surface area contributed by atoms with Gasteiger partial charge in [-0.1, -0.05) is 6.07 Å². The highest BCUT2D eigenvalue weighted by Gasteiger charge is 2.06. The third kappa shape index (κ3) is 3.11. The maximum atomic E-state index is 12.7. The third-order valence-corrected chi connectivity index (χ3v) is 3.16. The fourth-order valence-corrected chi connectivity index (χ4v) is 1.96. The number of thioether (sulfide) groups is 1. The Labute approximate surface area is 109 Å². The van der Waals surface area contributed by atoms with Crippen molar-refractivity contribution in [1.29, 1.82) is 0 Å². The molecule has 2 nitrogen and oxygen atoms in total. The van der Waals surface area contributed by atoms with Gasteiger partial charge in [0.05, 0.1) is 0 Å². The van der Waals surface area contributed by atoms with E-state index >= 15 is 0 Å². The lowest BCUT2D eigenvalue weighted by atomic mass is 10.2. The van der Waals surface area contributed by atoms with Gasteiger partial charge in [0, 0.05) is 16.1 Å². The van der Waals surface area contributed by atoms with Gasteiger partial charge < -0.3 is 5.32 Å². The second-order valence-electron chi connectivity index (χ2n) is 3.69. The van der Waals surface area contributed by atoms with Gasteiger partial charge in [-0.25, -0.2) is 4.39 Å². The maximum Gasteiger partial charge on any atom is 0.255 e. The van der Waals surface area contributed by atoms with Crippen LogP contribution in [-0.2, 0) is 0 Å². The number of nitrogens with one attached hydrogen (secondary N) is 1. The molecule has 4 heteroatoms. The number of carbonyl (C=O) groups excluding carboxylic acids is 1. The quantitative estimate of drug-likeness (QED) is 0.851. The minimum Gasteiger partial charge on any atom is -0.322 e. The summed E-state index contributed by atoms with van der Waals surface area (Å²) in [7, 11) is 0. The average Bonchev–Trinajstić information content (AvgIpc) is 2.41. The van der Waals surface area contributed by atoms with Crippen molar-refractivity contribution < 1.29 is 9.18 Å². The Kier molecular flexibility index (Phi) is 3.99. The standard InChI is InChI=1S/C14H12FNOS/c1-18-13-4-2-3-10(9-13)14(17)16-12-7-5-11(15)6-8-12/h2-9H,1H3,(H,16,17). The molecule has 2 aromatic rings. The number of hydrogen-bond donors (Lipinski definition) is 1. The van der Waals surface area contributed by atoms with Gasteiger partial charge in [-0.05, 0) is 48.7 Å². The molecule has 2 aromatic carbocycles. The molecule has 92 valence electrons.